The van der Waals surface area contributed by atoms with Crippen LogP contribution in [0.4, 0.5) is 4.39 Å². The molecule has 146 valence electrons. The molecule has 30 heavy (non-hydrogen) atoms. The van der Waals surface area contributed by atoms with Crippen molar-refractivity contribution in [2.24, 2.45) is 0 Å². The molecule has 0 radical (unpaired) electrons. The number of ether oxygens (including phenoxy) is 1. The molecule has 0 spiro atoms. The number of rotatable bonds is 6. The van der Waals surface area contributed by atoms with Gasteiger partial charge >= 0.3 is 29.6 Å². The molecule has 0 saturated heterocycles. The van der Waals surface area contributed by atoms with Gasteiger partial charge < -0.3 is 14.6 Å². The number of halogens is 1. The third-order valence-corrected chi connectivity index (χ3v) is 4.78. The van der Waals surface area contributed by atoms with Gasteiger partial charge in [0.1, 0.15) is 18.2 Å². The van der Waals surface area contributed by atoms with E-state index >= 15 is 0 Å². The third-order valence-electron chi connectivity index (χ3n) is 4.78. The fourth-order valence-corrected chi connectivity index (χ4v) is 3.31. The minimum Gasteiger partial charge on any atom is -0.545 e. The monoisotopic (exact) mass is 412 g/mol. The number of nitrogens with zero attached hydrogens (tertiary/aromatic N) is 2. The van der Waals surface area contributed by atoms with Crippen LogP contribution >= 0.6 is 0 Å². The number of carbonyl (C=O) groups is 1. The van der Waals surface area contributed by atoms with Gasteiger partial charge in [-0.3, -0.25) is 4.68 Å². The first kappa shape index (κ1) is 22.0. The summed E-state index contributed by atoms with van der Waals surface area (Å²) in [5.41, 5.74) is 3.18. The quantitative estimate of drug-likeness (QED) is 0.432. The molecule has 1 heterocycles. The zero-order valence-electron chi connectivity index (χ0n) is 16.8. The molecule has 0 atom stereocenters. The van der Waals surface area contributed by atoms with Crippen LogP contribution in [0.3, 0.4) is 0 Å². The molecule has 0 unspecified atom stereocenters. The van der Waals surface area contributed by atoms with Gasteiger partial charge in [0, 0.05) is 22.1 Å². The number of aromatic carboxylic acids is 1. The number of hydrogen-bond acceptors (Lipinski definition) is 4. The summed E-state index contributed by atoms with van der Waals surface area (Å²) in [6.07, 6.45) is 1.52. The van der Waals surface area contributed by atoms with Gasteiger partial charge in [-0.05, 0) is 25.1 Å². The van der Waals surface area contributed by atoms with Crippen LogP contribution in [-0.4, -0.2) is 15.7 Å². The Morgan fingerprint density at radius 1 is 1.10 bits per heavy atom. The van der Waals surface area contributed by atoms with Crippen molar-refractivity contribution in [2.75, 3.05) is 0 Å². The number of carbonyl (C=O) groups excluding carboxylic acids is 1. The van der Waals surface area contributed by atoms with Gasteiger partial charge in [0.05, 0.1) is 24.2 Å². The van der Waals surface area contributed by atoms with Gasteiger partial charge in [-0.15, -0.1) is 0 Å². The normalized spacial score (nSPS) is 10.6. The summed E-state index contributed by atoms with van der Waals surface area (Å²) in [4.78, 5) is 11.3. The molecule has 0 amide bonds. The molecule has 4 rings (SSSR count). The van der Waals surface area contributed by atoms with Gasteiger partial charge in [0.15, 0.2) is 0 Å². The molecule has 0 aliphatic carbocycles. The first-order valence-corrected chi connectivity index (χ1v) is 9.14. The summed E-state index contributed by atoms with van der Waals surface area (Å²) < 4.78 is 21.5. The summed E-state index contributed by atoms with van der Waals surface area (Å²) in [6, 6.07) is 17.2. The molecule has 4 aromatic rings. The smallest absolute Gasteiger partial charge is 0.545 e. The van der Waals surface area contributed by atoms with E-state index in [1.165, 1.54) is 18.3 Å². The first-order chi connectivity index (χ1) is 14.0. The second-order valence-corrected chi connectivity index (χ2v) is 6.82. The molecule has 0 fully saturated rings. The molecule has 1 aromatic heterocycles. The Kier molecular flexibility index (Phi) is 6.92. The van der Waals surface area contributed by atoms with Crippen LogP contribution in [0.2, 0.25) is 0 Å². The number of fused-ring (bicyclic) bond motifs is 1. The average Bonchev–Trinajstić information content (AvgIpc) is 3.11. The summed E-state index contributed by atoms with van der Waals surface area (Å²) in [5.74, 6) is -0.924. The summed E-state index contributed by atoms with van der Waals surface area (Å²) >= 11 is 0. The van der Waals surface area contributed by atoms with Crippen molar-refractivity contribution < 1.29 is 48.6 Å². The maximum atomic E-state index is 13.9. The Bertz CT molecular complexity index is 1210. The predicted octanol–water partition coefficient (Wildman–Crippen LogP) is 0.479. The topological polar surface area (TPSA) is 67.2 Å². The SMILES string of the molecule is Cc1ccc(OCc2ccccc2F)c(Cn2ncc3c(C(=O)[O-])cccc32)c1.[Na+]. The van der Waals surface area contributed by atoms with Gasteiger partial charge in [0.2, 0.25) is 0 Å². The van der Waals surface area contributed by atoms with Crippen molar-refractivity contribution in [2.45, 2.75) is 20.1 Å². The summed E-state index contributed by atoms with van der Waals surface area (Å²) in [7, 11) is 0. The maximum absolute atomic E-state index is 13.9. The molecule has 0 saturated carbocycles. The number of hydrogen-bond donors (Lipinski definition) is 0. The van der Waals surface area contributed by atoms with Crippen LogP contribution < -0.4 is 39.4 Å². The minimum absolute atomic E-state index is 0. The molecule has 5 nitrogen and oxygen atoms in total. The van der Waals surface area contributed by atoms with Crippen molar-refractivity contribution in [1.82, 2.24) is 9.78 Å². The van der Waals surface area contributed by atoms with E-state index in [1.54, 1.807) is 28.9 Å². The van der Waals surface area contributed by atoms with E-state index in [9.17, 15) is 14.3 Å². The van der Waals surface area contributed by atoms with Crippen molar-refractivity contribution >= 4 is 16.9 Å². The number of carboxylic acids is 1. The Hall–Kier alpha value is -2.67. The molecule has 0 aliphatic heterocycles. The number of benzene rings is 3. The van der Waals surface area contributed by atoms with Crippen molar-refractivity contribution in [1.29, 1.82) is 0 Å². The van der Waals surface area contributed by atoms with Crippen molar-refractivity contribution in [3.8, 4) is 5.75 Å². The zero-order valence-corrected chi connectivity index (χ0v) is 18.8. The zero-order chi connectivity index (χ0) is 20.4. The van der Waals surface area contributed by atoms with E-state index in [0.717, 1.165) is 11.1 Å². The van der Waals surface area contributed by atoms with Gasteiger partial charge in [0.25, 0.3) is 0 Å². The summed E-state index contributed by atoms with van der Waals surface area (Å²) in [5, 5.41) is 16.2. The van der Waals surface area contributed by atoms with Crippen LogP contribution in [0, 0.1) is 12.7 Å². The minimum atomic E-state index is -1.24. The molecular formula is C23H18FN2NaO3. The number of aromatic nitrogens is 2. The van der Waals surface area contributed by atoms with Crippen LogP contribution in [0.25, 0.3) is 10.9 Å². The van der Waals surface area contributed by atoms with E-state index in [4.69, 9.17) is 4.74 Å². The van der Waals surface area contributed by atoms with Gasteiger partial charge in [-0.2, -0.15) is 5.10 Å². The molecule has 0 N–H and O–H groups in total. The molecular weight excluding hydrogens is 394 g/mol. The number of carboxylic acid groups (broad SMARTS) is 1. The Labute approximate surface area is 195 Å². The van der Waals surface area contributed by atoms with E-state index < -0.39 is 5.97 Å². The van der Waals surface area contributed by atoms with E-state index in [-0.39, 0.29) is 47.5 Å². The maximum Gasteiger partial charge on any atom is 1.00 e. The fraction of sp³-hybridized carbons (Fsp3) is 0.130. The largest absolute Gasteiger partial charge is 1.00 e. The Balaban J connectivity index is 0.00000256. The van der Waals surface area contributed by atoms with E-state index in [1.807, 2.05) is 31.2 Å². The third kappa shape index (κ3) is 4.56. The van der Waals surface area contributed by atoms with Crippen molar-refractivity contribution in [3.63, 3.8) is 0 Å². The van der Waals surface area contributed by atoms with Gasteiger partial charge in [-0.25, -0.2) is 4.39 Å². The van der Waals surface area contributed by atoms with Crippen LogP contribution in [0.1, 0.15) is 27.0 Å². The standard InChI is InChI=1S/C23H19FN2O3.Na/c1-15-9-10-22(29-14-16-5-2-3-7-20(16)24)17(11-15)13-26-21-8-4-6-18(23(27)28)19(21)12-25-26;/h2-12H,13-14H2,1H3,(H,27,28);/q;+1/p-1. The Morgan fingerprint density at radius 3 is 2.67 bits per heavy atom. The average molecular weight is 412 g/mol. The Morgan fingerprint density at radius 2 is 1.90 bits per heavy atom. The first-order valence-electron chi connectivity index (χ1n) is 9.14. The van der Waals surface area contributed by atoms with E-state index in [2.05, 4.69) is 5.10 Å². The van der Waals surface area contributed by atoms with Crippen LogP contribution in [0.15, 0.2) is 66.9 Å². The van der Waals surface area contributed by atoms with Gasteiger partial charge in [-0.1, -0.05) is 48.0 Å². The van der Waals surface area contributed by atoms with Crippen molar-refractivity contribution in [3.05, 3.63) is 94.9 Å². The predicted molar refractivity (Wildman–Crippen MR) is 105 cm³/mol. The molecule has 3 aromatic carbocycles. The van der Waals surface area contributed by atoms with Crippen LogP contribution in [0.5, 0.6) is 5.75 Å². The van der Waals surface area contributed by atoms with Crippen LogP contribution in [-0.2, 0) is 13.2 Å². The second kappa shape index (κ2) is 9.43. The number of aryl methyl sites for hydroxylation is 1. The van der Waals surface area contributed by atoms with E-state index in [0.29, 0.717) is 28.8 Å². The summed E-state index contributed by atoms with van der Waals surface area (Å²) in [6.45, 7) is 2.46. The molecule has 7 heteroatoms. The molecule has 0 bridgehead atoms. The molecule has 0 aliphatic rings. The fourth-order valence-electron chi connectivity index (χ4n) is 3.31. The second-order valence-electron chi connectivity index (χ2n) is 6.82.